The summed E-state index contributed by atoms with van der Waals surface area (Å²) in [5.74, 6) is 0.275. The minimum absolute atomic E-state index is 0.156. The number of carbonyl (C=O) groups excluding carboxylic acids is 2. The number of rotatable bonds is 8. The van der Waals surface area contributed by atoms with Crippen molar-refractivity contribution in [2.45, 2.75) is 25.8 Å². The summed E-state index contributed by atoms with van der Waals surface area (Å²) in [4.78, 5) is 25.5. The smallest absolute Gasteiger partial charge is 0.251 e. The van der Waals surface area contributed by atoms with Gasteiger partial charge < -0.3 is 10.6 Å². The van der Waals surface area contributed by atoms with Crippen LogP contribution < -0.4 is 14.9 Å². The molecule has 1 aliphatic heterocycles. The molecule has 0 radical (unpaired) electrons. The number of hydrogen-bond acceptors (Lipinski definition) is 5. The largest absolute Gasteiger partial charge is 0.340 e. The van der Waals surface area contributed by atoms with Crippen LogP contribution in [0.2, 0.25) is 0 Å². The SMILES string of the molecule is CSCC[C@@H](NC(=O)c1cccc(C)c1)C(=O)Nc1ccc(N2CCCS2(=O)=O)cc1. The highest BCUT2D eigenvalue weighted by molar-refractivity contribution is 7.98. The maximum atomic E-state index is 12.9. The van der Waals surface area contributed by atoms with Gasteiger partial charge >= 0.3 is 0 Å². The number of thioether (sulfide) groups is 1. The standard InChI is InChI=1S/C22H27N3O4S2/c1-16-5-3-6-17(15-16)21(26)24-20(11-13-30-2)22(27)23-18-7-9-19(10-8-18)25-12-4-14-31(25,28)29/h3,5-10,15,20H,4,11-14H2,1-2H3,(H,23,27)(H,24,26)/t20-/m1/s1. The van der Waals surface area contributed by atoms with Crippen LogP contribution in [-0.2, 0) is 14.8 Å². The minimum atomic E-state index is -3.25. The van der Waals surface area contributed by atoms with Crippen LogP contribution in [0.4, 0.5) is 11.4 Å². The molecular weight excluding hydrogens is 434 g/mol. The van der Waals surface area contributed by atoms with Crippen LogP contribution in [0.5, 0.6) is 0 Å². The molecule has 2 aromatic carbocycles. The first-order valence-corrected chi connectivity index (χ1v) is 13.1. The number of amides is 2. The van der Waals surface area contributed by atoms with Crippen LogP contribution in [0.1, 0.15) is 28.8 Å². The number of sulfonamides is 1. The van der Waals surface area contributed by atoms with Crippen molar-refractivity contribution in [1.29, 1.82) is 0 Å². The van der Waals surface area contributed by atoms with E-state index in [-0.39, 0.29) is 17.6 Å². The highest BCUT2D eigenvalue weighted by Crippen LogP contribution is 2.25. The van der Waals surface area contributed by atoms with E-state index in [1.807, 2.05) is 25.3 Å². The molecule has 9 heteroatoms. The van der Waals surface area contributed by atoms with Crippen molar-refractivity contribution in [3.05, 3.63) is 59.7 Å². The Bertz CT molecular complexity index is 1040. The van der Waals surface area contributed by atoms with Crippen molar-refractivity contribution in [1.82, 2.24) is 5.32 Å². The lowest BCUT2D eigenvalue weighted by Gasteiger charge is -2.20. The Morgan fingerprint density at radius 3 is 2.52 bits per heavy atom. The average molecular weight is 462 g/mol. The van der Waals surface area contributed by atoms with Crippen molar-refractivity contribution < 1.29 is 18.0 Å². The highest BCUT2D eigenvalue weighted by Gasteiger charge is 2.28. The van der Waals surface area contributed by atoms with Crippen LogP contribution in [0.15, 0.2) is 48.5 Å². The zero-order valence-electron chi connectivity index (χ0n) is 17.6. The molecule has 1 atom stereocenters. The second-order valence-electron chi connectivity index (χ2n) is 7.45. The Balaban J connectivity index is 1.68. The van der Waals surface area contributed by atoms with Crippen LogP contribution >= 0.6 is 11.8 Å². The second-order valence-corrected chi connectivity index (χ2v) is 10.5. The lowest BCUT2D eigenvalue weighted by molar-refractivity contribution is -0.118. The van der Waals surface area contributed by atoms with E-state index < -0.39 is 16.1 Å². The first-order valence-electron chi connectivity index (χ1n) is 10.1. The zero-order chi connectivity index (χ0) is 22.4. The predicted molar refractivity (Wildman–Crippen MR) is 126 cm³/mol. The second kappa shape index (κ2) is 10.2. The fourth-order valence-corrected chi connectivity index (χ4v) is 5.44. The predicted octanol–water partition coefficient (Wildman–Crippen LogP) is 3.03. The van der Waals surface area contributed by atoms with Crippen molar-refractivity contribution in [2.75, 3.05) is 33.9 Å². The Morgan fingerprint density at radius 1 is 1.16 bits per heavy atom. The van der Waals surface area contributed by atoms with Gasteiger partial charge in [0.05, 0.1) is 11.4 Å². The van der Waals surface area contributed by atoms with Gasteiger partial charge in [0, 0.05) is 17.8 Å². The average Bonchev–Trinajstić information content (AvgIpc) is 3.10. The van der Waals surface area contributed by atoms with E-state index in [1.165, 1.54) is 4.31 Å². The Labute approximate surface area is 187 Å². The van der Waals surface area contributed by atoms with Gasteiger partial charge in [-0.2, -0.15) is 11.8 Å². The molecule has 2 N–H and O–H groups in total. The van der Waals surface area contributed by atoms with Gasteiger partial charge in [-0.05, 0) is 68.2 Å². The number of nitrogens with zero attached hydrogens (tertiary/aromatic N) is 1. The van der Waals surface area contributed by atoms with Gasteiger partial charge in [-0.3, -0.25) is 13.9 Å². The molecule has 7 nitrogen and oxygen atoms in total. The van der Waals surface area contributed by atoms with Crippen LogP contribution in [-0.4, -0.2) is 50.6 Å². The van der Waals surface area contributed by atoms with Crippen LogP contribution in [0, 0.1) is 6.92 Å². The Morgan fingerprint density at radius 2 is 1.90 bits per heavy atom. The van der Waals surface area contributed by atoms with Crippen molar-refractivity contribution in [3.63, 3.8) is 0 Å². The Kier molecular flexibility index (Phi) is 7.61. The van der Waals surface area contributed by atoms with E-state index in [2.05, 4.69) is 10.6 Å². The minimum Gasteiger partial charge on any atom is -0.340 e. The van der Waals surface area contributed by atoms with E-state index in [0.717, 1.165) is 11.3 Å². The maximum absolute atomic E-state index is 12.9. The first kappa shape index (κ1) is 23.1. The van der Waals surface area contributed by atoms with Gasteiger partial charge in [0.25, 0.3) is 5.91 Å². The van der Waals surface area contributed by atoms with Crippen LogP contribution in [0.3, 0.4) is 0 Å². The third-order valence-electron chi connectivity index (χ3n) is 5.03. The van der Waals surface area contributed by atoms with Gasteiger partial charge in [-0.1, -0.05) is 17.7 Å². The molecule has 0 aliphatic carbocycles. The molecule has 0 spiro atoms. The molecule has 1 saturated heterocycles. The summed E-state index contributed by atoms with van der Waals surface area (Å²) in [6.45, 7) is 2.38. The van der Waals surface area contributed by atoms with Gasteiger partial charge in [0.1, 0.15) is 6.04 Å². The zero-order valence-corrected chi connectivity index (χ0v) is 19.3. The molecule has 2 amide bonds. The molecule has 166 valence electrons. The number of nitrogens with one attached hydrogen (secondary N) is 2. The third kappa shape index (κ3) is 6.01. The summed E-state index contributed by atoms with van der Waals surface area (Å²) < 4.78 is 25.5. The summed E-state index contributed by atoms with van der Waals surface area (Å²) in [6.07, 6.45) is 3.05. The number of anilines is 2. The maximum Gasteiger partial charge on any atom is 0.251 e. The fraction of sp³-hybridized carbons (Fsp3) is 0.364. The lowest BCUT2D eigenvalue weighted by atomic mass is 10.1. The van der Waals surface area contributed by atoms with Crippen molar-refractivity contribution in [2.24, 2.45) is 0 Å². The highest BCUT2D eigenvalue weighted by atomic mass is 32.2. The topological polar surface area (TPSA) is 95.6 Å². The van der Waals surface area contributed by atoms with Gasteiger partial charge in [0.15, 0.2) is 0 Å². The molecule has 1 fully saturated rings. The van der Waals surface area contributed by atoms with Crippen molar-refractivity contribution in [3.8, 4) is 0 Å². The molecule has 3 rings (SSSR count). The summed E-state index contributed by atoms with van der Waals surface area (Å²) >= 11 is 1.60. The molecule has 0 aromatic heterocycles. The van der Waals surface area contributed by atoms with Gasteiger partial charge in [-0.15, -0.1) is 0 Å². The van der Waals surface area contributed by atoms with Crippen molar-refractivity contribution >= 4 is 45.0 Å². The number of hydrogen-bond donors (Lipinski definition) is 2. The summed E-state index contributed by atoms with van der Waals surface area (Å²) in [5.41, 5.74) is 2.61. The van der Waals surface area contributed by atoms with E-state index in [9.17, 15) is 18.0 Å². The van der Waals surface area contributed by atoms with E-state index in [1.54, 1.807) is 48.2 Å². The Hall–Kier alpha value is -2.52. The summed E-state index contributed by atoms with van der Waals surface area (Å²) in [7, 11) is -3.25. The van der Waals surface area contributed by atoms with E-state index in [0.29, 0.717) is 36.3 Å². The molecule has 1 aliphatic rings. The molecule has 2 aromatic rings. The molecule has 31 heavy (non-hydrogen) atoms. The summed E-state index contributed by atoms with van der Waals surface area (Å²) in [5, 5.41) is 5.66. The summed E-state index contributed by atoms with van der Waals surface area (Å²) in [6, 6.07) is 13.3. The molecule has 0 unspecified atom stereocenters. The third-order valence-corrected chi connectivity index (χ3v) is 7.55. The monoisotopic (exact) mass is 461 g/mol. The molecule has 1 heterocycles. The first-order chi connectivity index (χ1) is 14.8. The number of aryl methyl sites for hydroxylation is 1. The van der Waals surface area contributed by atoms with E-state index >= 15 is 0 Å². The molecular formula is C22H27N3O4S2. The van der Waals surface area contributed by atoms with E-state index in [4.69, 9.17) is 0 Å². The lowest BCUT2D eigenvalue weighted by Crippen LogP contribution is -2.44. The molecule has 0 saturated carbocycles. The quantitative estimate of drug-likeness (QED) is 0.630. The van der Waals surface area contributed by atoms with Gasteiger partial charge in [0.2, 0.25) is 15.9 Å². The van der Waals surface area contributed by atoms with Crippen LogP contribution in [0.25, 0.3) is 0 Å². The fourth-order valence-electron chi connectivity index (χ4n) is 3.40. The van der Waals surface area contributed by atoms with Gasteiger partial charge in [-0.25, -0.2) is 8.42 Å². The molecule has 0 bridgehead atoms. The number of carbonyl (C=O) groups is 2. The normalized spacial score (nSPS) is 16.0. The number of benzene rings is 2.